The first-order valence-electron chi connectivity index (χ1n) is 5.35. The molecule has 0 saturated heterocycles. The maximum atomic E-state index is 5.85. The van der Waals surface area contributed by atoms with Gasteiger partial charge >= 0.3 is 0 Å². The molecule has 5 heteroatoms. The van der Waals surface area contributed by atoms with Gasteiger partial charge in [0.1, 0.15) is 18.0 Å². The van der Waals surface area contributed by atoms with Crippen molar-refractivity contribution in [1.82, 2.24) is 4.98 Å². The SMILES string of the molecule is CCOC1C(N)CC1Oc1cncc(Br)c1. The summed E-state index contributed by atoms with van der Waals surface area (Å²) >= 11 is 3.35. The number of hydrogen-bond acceptors (Lipinski definition) is 4. The molecule has 3 unspecified atom stereocenters. The van der Waals surface area contributed by atoms with Crippen LogP contribution < -0.4 is 10.5 Å². The third-order valence-corrected chi connectivity index (χ3v) is 3.05. The highest BCUT2D eigenvalue weighted by Gasteiger charge is 2.41. The van der Waals surface area contributed by atoms with E-state index in [9.17, 15) is 0 Å². The Balaban J connectivity index is 1.95. The van der Waals surface area contributed by atoms with Crippen LogP contribution in [0.1, 0.15) is 13.3 Å². The zero-order valence-corrected chi connectivity index (χ0v) is 10.7. The number of nitrogens with zero attached hydrogens (tertiary/aromatic N) is 1. The van der Waals surface area contributed by atoms with E-state index >= 15 is 0 Å². The molecule has 1 aromatic heterocycles. The lowest BCUT2D eigenvalue weighted by Crippen LogP contribution is -2.59. The fraction of sp³-hybridized carbons (Fsp3) is 0.545. The molecule has 0 aliphatic heterocycles. The molecule has 0 aromatic carbocycles. The molecule has 1 saturated carbocycles. The first kappa shape index (κ1) is 11.8. The summed E-state index contributed by atoms with van der Waals surface area (Å²) in [5, 5.41) is 0. The van der Waals surface area contributed by atoms with Gasteiger partial charge in [-0.15, -0.1) is 0 Å². The van der Waals surface area contributed by atoms with E-state index in [0.717, 1.165) is 16.6 Å². The summed E-state index contributed by atoms with van der Waals surface area (Å²) in [6.45, 7) is 2.62. The molecular weight excluding hydrogens is 272 g/mol. The van der Waals surface area contributed by atoms with Crippen molar-refractivity contribution in [2.24, 2.45) is 5.73 Å². The van der Waals surface area contributed by atoms with Crippen LogP contribution in [0.3, 0.4) is 0 Å². The van der Waals surface area contributed by atoms with E-state index in [0.29, 0.717) is 6.61 Å². The van der Waals surface area contributed by atoms with Crippen LogP contribution >= 0.6 is 15.9 Å². The van der Waals surface area contributed by atoms with Crippen LogP contribution in [0.2, 0.25) is 0 Å². The van der Waals surface area contributed by atoms with Crippen molar-refractivity contribution in [3.8, 4) is 5.75 Å². The van der Waals surface area contributed by atoms with E-state index < -0.39 is 0 Å². The lowest BCUT2D eigenvalue weighted by molar-refractivity contribution is -0.0946. The van der Waals surface area contributed by atoms with Gasteiger partial charge in [0.25, 0.3) is 0 Å². The highest BCUT2D eigenvalue weighted by Crippen LogP contribution is 2.28. The summed E-state index contributed by atoms with van der Waals surface area (Å²) in [4.78, 5) is 4.04. The second-order valence-corrected chi connectivity index (χ2v) is 4.73. The first-order valence-corrected chi connectivity index (χ1v) is 6.14. The van der Waals surface area contributed by atoms with Gasteiger partial charge in [-0.2, -0.15) is 0 Å². The van der Waals surface area contributed by atoms with Crippen molar-refractivity contribution in [2.45, 2.75) is 31.6 Å². The highest BCUT2D eigenvalue weighted by atomic mass is 79.9. The molecule has 1 fully saturated rings. The van der Waals surface area contributed by atoms with E-state index in [-0.39, 0.29) is 18.2 Å². The molecule has 0 bridgehead atoms. The molecule has 2 rings (SSSR count). The summed E-state index contributed by atoms with van der Waals surface area (Å²) in [6, 6.07) is 1.98. The molecule has 0 radical (unpaired) electrons. The van der Waals surface area contributed by atoms with Gasteiger partial charge in [0, 0.05) is 29.7 Å². The molecule has 88 valence electrons. The van der Waals surface area contributed by atoms with Gasteiger partial charge in [-0.25, -0.2) is 0 Å². The zero-order chi connectivity index (χ0) is 11.5. The van der Waals surface area contributed by atoms with E-state index in [4.69, 9.17) is 15.2 Å². The predicted octanol–water partition coefficient (Wildman–Crippen LogP) is 1.73. The van der Waals surface area contributed by atoms with E-state index in [2.05, 4.69) is 20.9 Å². The molecule has 2 N–H and O–H groups in total. The second kappa shape index (κ2) is 5.12. The van der Waals surface area contributed by atoms with Crippen molar-refractivity contribution in [3.63, 3.8) is 0 Å². The van der Waals surface area contributed by atoms with Crippen LogP contribution in [-0.4, -0.2) is 29.8 Å². The topological polar surface area (TPSA) is 57.4 Å². The minimum Gasteiger partial charge on any atom is -0.486 e. The number of aromatic nitrogens is 1. The van der Waals surface area contributed by atoms with Gasteiger partial charge in [-0.05, 0) is 28.9 Å². The lowest BCUT2D eigenvalue weighted by atomic mass is 9.86. The Morgan fingerprint density at radius 2 is 2.38 bits per heavy atom. The fourth-order valence-corrected chi connectivity index (χ4v) is 2.13. The van der Waals surface area contributed by atoms with Gasteiger partial charge in [-0.1, -0.05) is 0 Å². The van der Waals surface area contributed by atoms with E-state index in [1.165, 1.54) is 0 Å². The Labute approximate surface area is 103 Å². The Bertz CT molecular complexity index is 362. The van der Waals surface area contributed by atoms with Gasteiger partial charge in [0.2, 0.25) is 0 Å². The summed E-state index contributed by atoms with van der Waals surface area (Å²) in [5.41, 5.74) is 5.85. The van der Waals surface area contributed by atoms with Crippen LogP contribution in [0, 0.1) is 0 Å². The molecule has 0 spiro atoms. The van der Waals surface area contributed by atoms with Crippen LogP contribution in [-0.2, 0) is 4.74 Å². The third-order valence-electron chi connectivity index (χ3n) is 2.62. The largest absolute Gasteiger partial charge is 0.486 e. The molecule has 16 heavy (non-hydrogen) atoms. The maximum Gasteiger partial charge on any atom is 0.139 e. The van der Waals surface area contributed by atoms with Crippen molar-refractivity contribution in [3.05, 3.63) is 22.9 Å². The average molecular weight is 287 g/mol. The number of pyridine rings is 1. The lowest BCUT2D eigenvalue weighted by Gasteiger charge is -2.41. The molecule has 0 amide bonds. The van der Waals surface area contributed by atoms with Gasteiger partial charge in [0.05, 0.1) is 6.20 Å². The quantitative estimate of drug-likeness (QED) is 0.916. The van der Waals surface area contributed by atoms with Crippen LogP contribution in [0.4, 0.5) is 0 Å². The first-order chi connectivity index (χ1) is 7.70. The highest BCUT2D eigenvalue weighted by molar-refractivity contribution is 9.10. The molecular formula is C11H15BrN2O2. The molecule has 1 aromatic rings. The number of ether oxygens (including phenoxy) is 2. The van der Waals surface area contributed by atoms with Gasteiger partial charge in [-0.3, -0.25) is 4.98 Å². The zero-order valence-electron chi connectivity index (χ0n) is 9.10. The molecule has 1 aliphatic rings. The van der Waals surface area contributed by atoms with Crippen molar-refractivity contribution < 1.29 is 9.47 Å². The average Bonchev–Trinajstić information content (AvgIpc) is 2.26. The fourth-order valence-electron chi connectivity index (χ4n) is 1.79. The third kappa shape index (κ3) is 2.53. The molecule has 4 nitrogen and oxygen atoms in total. The monoisotopic (exact) mass is 286 g/mol. The standard InChI is InChI=1S/C11H15BrN2O2/c1-2-15-11-9(13)4-10(11)16-8-3-7(12)5-14-6-8/h3,5-6,9-11H,2,4,13H2,1H3. The predicted molar refractivity (Wildman–Crippen MR) is 64.4 cm³/mol. The number of nitrogens with two attached hydrogens (primary N) is 1. The number of rotatable bonds is 4. The summed E-state index contributed by atoms with van der Waals surface area (Å²) in [6.07, 6.45) is 4.30. The van der Waals surface area contributed by atoms with E-state index in [1.54, 1.807) is 12.4 Å². The molecule has 1 heterocycles. The van der Waals surface area contributed by atoms with Crippen molar-refractivity contribution >= 4 is 15.9 Å². The number of halogens is 1. The van der Waals surface area contributed by atoms with E-state index in [1.807, 2.05) is 13.0 Å². The Morgan fingerprint density at radius 1 is 1.56 bits per heavy atom. The van der Waals surface area contributed by atoms with Crippen LogP contribution in [0.15, 0.2) is 22.9 Å². The Hall–Kier alpha value is -0.650. The molecule has 1 aliphatic carbocycles. The van der Waals surface area contributed by atoms with Crippen molar-refractivity contribution in [2.75, 3.05) is 6.61 Å². The Morgan fingerprint density at radius 3 is 3.00 bits per heavy atom. The van der Waals surface area contributed by atoms with Crippen LogP contribution in [0.5, 0.6) is 5.75 Å². The van der Waals surface area contributed by atoms with Gasteiger partial charge in [0.15, 0.2) is 0 Å². The summed E-state index contributed by atoms with van der Waals surface area (Å²) in [5.74, 6) is 0.746. The van der Waals surface area contributed by atoms with Crippen molar-refractivity contribution in [1.29, 1.82) is 0 Å². The molecule has 3 atom stereocenters. The summed E-state index contributed by atoms with van der Waals surface area (Å²) < 4.78 is 12.2. The smallest absolute Gasteiger partial charge is 0.139 e. The van der Waals surface area contributed by atoms with Gasteiger partial charge < -0.3 is 15.2 Å². The maximum absolute atomic E-state index is 5.85. The number of hydrogen-bond donors (Lipinski definition) is 1. The summed E-state index contributed by atoms with van der Waals surface area (Å²) in [7, 11) is 0. The van der Waals surface area contributed by atoms with Crippen LogP contribution in [0.25, 0.3) is 0 Å². The normalized spacial score (nSPS) is 28.6. The second-order valence-electron chi connectivity index (χ2n) is 3.81. The minimum absolute atomic E-state index is 0.00369. The minimum atomic E-state index is 0.00369. The Kier molecular flexibility index (Phi) is 3.78.